The van der Waals surface area contributed by atoms with Gasteiger partial charge in [0.1, 0.15) is 11.9 Å². The highest BCUT2D eigenvalue weighted by atomic mass is 16.5. The van der Waals surface area contributed by atoms with Crippen LogP contribution in [-0.4, -0.2) is 17.9 Å². The van der Waals surface area contributed by atoms with E-state index in [0.717, 1.165) is 12.8 Å². The summed E-state index contributed by atoms with van der Waals surface area (Å²) in [6.07, 6.45) is 6.55. The van der Waals surface area contributed by atoms with Crippen molar-refractivity contribution < 1.29 is 14.3 Å². The van der Waals surface area contributed by atoms with Gasteiger partial charge in [0.25, 0.3) is 0 Å². The summed E-state index contributed by atoms with van der Waals surface area (Å²) < 4.78 is 5.19. The SMILES string of the molecule is O=C1CC(C(=O)OC2C=CCC2)C1. The number of ketones is 1. The van der Waals surface area contributed by atoms with Gasteiger partial charge in [0.05, 0.1) is 5.92 Å². The number of Topliss-reactive ketones (excluding diaryl/α,β-unsaturated/α-hetero) is 1. The van der Waals surface area contributed by atoms with Crippen molar-refractivity contribution in [1.29, 1.82) is 0 Å². The van der Waals surface area contributed by atoms with Crippen molar-refractivity contribution in [3.63, 3.8) is 0 Å². The summed E-state index contributed by atoms with van der Waals surface area (Å²) in [5.74, 6) is -0.179. The molecule has 0 bridgehead atoms. The number of hydrogen-bond acceptors (Lipinski definition) is 3. The molecule has 0 aromatic heterocycles. The maximum absolute atomic E-state index is 11.3. The molecule has 13 heavy (non-hydrogen) atoms. The zero-order chi connectivity index (χ0) is 9.26. The molecule has 1 atom stereocenters. The van der Waals surface area contributed by atoms with Gasteiger partial charge < -0.3 is 4.74 Å². The van der Waals surface area contributed by atoms with Crippen LogP contribution in [0.3, 0.4) is 0 Å². The minimum atomic E-state index is -0.198. The Morgan fingerprint density at radius 2 is 2.23 bits per heavy atom. The average molecular weight is 180 g/mol. The third-order valence-corrected chi connectivity index (χ3v) is 2.52. The summed E-state index contributed by atoms with van der Waals surface area (Å²) in [4.78, 5) is 21.9. The molecule has 2 aliphatic carbocycles. The maximum atomic E-state index is 11.3. The van der Waals surface area contributed by atoms with Crippen molar-refractivity contribution >= 4 is 11.8 Å². The number of ether oxygens (including phenoxy) is 1. The van der Waals surface area contributed by atoms with Crippen molar-refractivity contribution in [2.45, 2.75) is 31.8 Å². The van der Waals surface area contributed by atoms with Gasteiger partial charge in [-0.25, -0.2) is 0 Å². The zero-order valence-corrected chi connectivity index (χ0v) is 7.36. The molecule has 0 spiro atoms. The first kappa shape index (κ1) is 8.48. The molecule has 1 unspecified atom stereocenters. The van der Waals surface area contributed by atoms with E-state index in [1.165, 1.54) is 0 Å². The summed E-state index contributed by atoms with van der Waals surface area (Å²) >= 11 is 0. The minimum Gasteiger partial charge on any atom is -0.458 e. The van der Waals surface area contributed by atoms with Crippen LogP contribution in [0.25, 0.3) is 0 Å². The largest absolute Gasteiger partial charge is 0.458 e. The molecule has 0 aliphatic heterocycles. The summed E-state index contributed by atoms with van der Waals surface area (Å²) in [7, 11) is 0. The van der Waals surface area contributed by atoms with E-state index in [-0.39, 0.29) is 23.8 Å². The van der Waals surface area contributed by atoms with Crippen LogP contribution in [0, 0.1) is 5.92 Å². The Bertz CT molecular complexity index is 259. The number of carbonyl (C=O) groups is 2. The fourth-order valence-electron chi connectivity index (χ4n) is 1.60. The van der Waals surface area contributed by atoms with E-state index in [4.69, 9.17) is 4.74 Å². The maximum Gasteiger partial charge on any atom is 0.310 e. The number of rotatable bonds is 2. The molecule has 0 heterocycles. The second-order valence-corrected chi connectivity index (χ2v) is 3.62. The van der Waals surface area contributed by atoms with Gasteiger partial charge in [-0.3, -0.25) is 9.59 Å². The zero-order valence-electron chi connectivity index (χ0n) is 7.36. The molecule has 0 aromatic rings. The molecule has 3 heteroatoms. The van der Waals surface area contributed by atoms with E-state index in [2.05, 4.69) is 0 Å². The molecule has 0 saturated heterocycles. The molecule has 1 fully saturated rings. The first-order valence-corrected chi connectivity index (χ1v) is 4.64. The second kappa shape index (κ2) is 3.32. The Morgan fingerprint density at radius 3 is 2.77 bits per heavy atom. The topological polar surface area (TPSA) is 43.4 Å². The van der Waals surface area contributed by atoms with Gasteiger partial charge in [-0.1, -0.05) is 6.08 Å². The normalized spacial score (nSPS) is 27.4. The first-order chi connectivity index (χ1) is 6.25. The van der Waals surface area contributed by atoms with Gasteiger partial charge in [0, 0.05) is 12.8 Å². The third kappa shape index (κ3) is 1.79. The van der Waals surface area contributed by atoms with E-state index >= 15 is 0 Å². The monoisotopic (exact) mass is 180 g/mol. The molecule has 70 valence electrons. The van der Waals surface area contributed by atoms with Crippen LogP contribution >= 0.6 is 0 Å². The van der Waals surface area contributed by atoms with Crippen LogP contribution in [0.2, 0.25) is 0 Å². The minimum absolute atomic E-state index is 0.0387. The van der Waals surface area contributed by atoms with E-state index in [0.29, 0.717) is 12.8 Å². The molecular formula is C10H12O3. The molecule has 0 amide bonds. The van der Waals surface area contributed by atoms with Crippen molar-refractivity contribution in [3.05, 3.63) is 12.2 Å². The van der Waals surface area contributed by atoms with Crippen LogP contribution in [0.4, 0.5) is 0 Å². The number of hydrogen-bond donors (Lipinski definition) is 0. The first-order valence-electron chi connectivity index (χ1n) is 4.64. The van der Waals surface area contributed by atoms with Crippen molar-refractivity contribution in [3.8, 4) is 0 Å². The van der Waals surface area contributed by atoms with E-state index in [9.17, 15) is 9.59 Å². The predicted molar refractivity (Wildman–Crippen MR) is 46.0 cm³/mol. The van der Waals surface area contributed by atoms with Gasteiger partial charge in [-0.05, 0) is 18.9 Å². The Kier molecular flexibility index (Phi) is 2.17. The van der Waals surface area contributed by atoms with Gasteiger partial charge in [0.15, 0.2) is 0 Å². The van der Waals surface area contributed by atoms with E-state index < -0.39 is 0 Å². The van der Waals surface area contributed by atoms with Crippen LogP contribution in [0.1, 0.15) is 25.7 Å². The predicted octanol–water partition coefficient (Wildman–Crippen LogP) is 1.23. The lowest BCUT2D eigenvalue weighted by molar-refractivity contribution is -0.158. The summed E-state index contributed by atoms with van der Waals surface area (Å²) in [6.45, 7) is 0. The van der Waals surface area contributed by atoms with Gasteiger partial charge in [-0.15, -0.1) is 0 Å². The standard InChI is InChI=1S/C10H12O3/c11-8-5-7(6-8)10(12)13-9-3-1-2-4-9/h1,3,7,9H,2,4-6H2. The molecule has 3 nitrogen and oxygen atoms in total. The molecular weight excluding hydrogens is 168 g/mol. The second-order valence-electron chi connectivity index (χ2n) is 3.62. The van der Waals surface area contributed by atoms with Crippen LogP contribution in [-0.2, 0) is 14.3 Å². The van der Waals surface area contributed by atoms with Gasteiger partial charge in [0.2, 0.25) is 0 Å². The lowest BCUT2D eigenvalue weighted by Gasteiger charge is -2.23. The van der Waals surface area contributed by atoms with E-state index in [1.807, 2.05) is 12.2 Å². The van der Waals surface area contributed by atoms with Crippen LogP contribution < -0.4 is 0 Å². The van der Waals surface area contributed by atoms with E-state index in [1.54, 1.807) is 0 Å². The van der Waals surface area contributed by atoms with Gasteiger partial charge in [-0.2, -0.15) is 0 Å². The van der Waals surface area contributed by atoms with Crippen LogP contribution in [0.5, 0.6) is 0 Å². The average Bonchev–Trinajstić information content (AvgIpc) is 2.51. The van der Waals surface area contributed by atoms with Crippen molar-refractivity contribution in [1.82, 2.24) is 0 Å². The molecule has 0 aromatic carbocycles. The fourth-order valence-corrected chi connectivity index (χ4v) is 1.60. The smallest absolute Gasteiger partial charge is 0.310 e. The Hall–Kier alpha value is -1.12. The molecule has 0 radical (unpaired) electrons. The highest BCUT2D eigenvalue weighted by molar-refractivity contribution is 5.94. The summed E-state index contributed by atoms with van der Waals surface area (Å²) in [6, 6.07) is 0. The van der Waals surface area contributed by atoms with Gasteiger partial charge >= 0.3 is 5.97 Å². The summed E-state index contributed by atoms with van der Waals surface area (Å²) in [5, 5.41) is 0. The Balaban J connectivity index is 1.78. The molecule has 0 N–H and O–H groups in total. The lowest BCUT2D eigenvalue weighted by Crippen LogP contribution is -2.33. The highest BCUT2D eigenvalue weighted by Gasteiger charge is 2.35. The quantitative estimate of drug-likeness (QED) is 0.474. The highest BCUT2D eigenvalue weighted by Crippen LogP contribution is 2.25. The molecule has 2 rings (SSSR count). The summed E-state index contributed by atoms with van der Waals surface area (Å²) in [5.41, 5.74) is 0. The lowest BCUT2D eigenvalue weighted by atomic mass is 9.84. The number of carbonyl (C=O) groups excluding carboxylic acids is 2. The Labute approximate surface area is 76.8 Å². The Morgan fingerprint density at radius 1 is 1.46 bits per heavy atom. The third-order valence-electron chi connectivity index (χ3n) is 2.52. The molecule has 1 saturated carbocycles. The fraction of sp³-hybridized carbons (Fsp3) is 0.600. The van der Waals surface area contributed by atoms with Crippen molar-refractivity contribution in [2.24, 2.45) is 5.92 Å². The van der Waals surface area contributed by atoms with Crippen LogP contribution in [0.15, 0.2) is 12.2 Å². The molecule has 2 aliphatic rings. The number of esters is 1. The number of allylic oxidation sites excluding steroid dienone is 1. The van der Waals surface area contributed by atoms with Crippen molar-refractivity contribution in [2.75, 3.05) is 0 Å².